The molecule has 6 heteroatoms. The number of hydrogen-bond acceptors (Lipinski definition) is 4. The van der Waals surface area contributed by atoms with E-state index in [1.807, 2.05) is 33.8 Å². The van der Waals surface area contributed by atoms with Crippen LogP contribution in [0.4, 0.5) is 5.69 Å². The lowest BCUT2D eigenvalue weighted by Crippen LogP contribution is -2.45. The summed E-state index contributed by atoms with van der Waals surface area (Å²) in [4.78, 5) is 2.57. The van der Waals surface area contributed by atoms with Crippen LogP contribution in [0.2, 0.25) is 0 Å². The van der Waals surface area contributed by atoms with Crippen LogP contribution in [0.25, 0.3) is 10.1 Å². The van der Waals surface area contributed by atoms with E-state index in [0.717, 1.165) is 31.6 Å². The molecule has 0 bridgehead atoms. The molecule has 1 aromatic carbocycles. The van der Waals surface area contributed by atoms with Gasteiger partial charge in [-0.3, -0.25) is 9.21 Å². The zero-order chi connectivity index (χ0) is 22.3. The Hall–Kier alpha value is -1.11. The number of hydrogen-bond donors (Lipinski definition) is 0. The van der Waals surface area contributed by atoms with Crippen LogP contribution in [0.5, 0.6) is 0 Å². The number of nitrogens with zero attached hydrogens (tertiary/aromatic N) is 2. The van der Waals surface area contributed by atoms with Crippen LogP contribution in [0.1, 0.15) is 79.2 Å². The highest BCUT2D eigenvalue weighted by atomic mass is 32.2. The first-order valence-corrected chi connectivity index (χ1v) is 13.6. The van der Waals surface area contributed by atoms with Crippen molar-refractivity contribution in [2.24, 2.45) is 0 Å². The number of likely N-dealkylation sites (tertiary alicyclic amines) is 1. The number of anilines is 1. The second-order valence-electron chi connectivity index (χ2n) is 9.96. The summed E-state index contributed by atoms with van der Waals surface area (Å²) in [7, 11) is -3.39. The molecule has 4 nitrogen and oxygen atoms in total. The highest BCUT2D eigenvalue weighted by molar-refractivity contribution is 7.93. The van der Waals surface area contributed by atoms with Crippen molar-refractivity contribution >= 4 is 37.1 Å². The van der Waals surface area contributed by atoms with Gasteiger partial charge in [-0.25, -0.2) is 8.42 Å². The van der Waals surface area contributed by atoms with Gasteiger partial charge < -0.3 is 0 Å². The molecule has 1 aromatic heterocycles. The van der Waals surface area contributed by atoms with E-state index in [2.05, 4.69) is 43.2 Å². The van der Waals surface area contributed by atoms with Crippen LogP contribution >= 0.6 is 11.3 Å². The van der Waals surface area contributed by atoms with Gasteiger partial charge in [-0.2, -0.15) is 0 Å². The summed E-state index contributed by atoms with van der Waals surface area (Å²) < 4.78 is 29.3. The molecule has 1 unspecified atom stereocenters. The van der Waals surface area contributed by atoms with E-state index >= 15 is 0 Å². The van der Waals surface area contributed by atoms with Gasteiger partial charge in [-0.05, 0) is 114 Å². The number of thiophene rings is 1. The Labute approximate surface area is 187 Å². The van der Waals surface area contributed by atoms with Gasteiger partial charge in [0.15, 0.2) is 0 Å². The lowest BCUT2D eigenvalue weighted by molar-refractivity contribution is 0.102. The van der Waals surface area contributed by atoms with E-state index in [-0.39, 0.29) is 16.8 Å². The molecule has 168 valence electrons. The predicted molar refractivity (Wildman–Crippen MR) is 131 cm³/mol. The van der Waals surface area contributed by atoms with Crippen LogP contribution < -0.4 is 4.31 Å². The van der Waals surface area contributed by atoms with Crippen LogP contribution in [0.3, 0.4) is 0 Å². The molecule has 30 heavy (non-hydrogen) atoms. The summed E-state index contributed by atoms with van der Waals surface area (Å²) in [5.74, 6) is 0.547. The van der Waals surface area contributed by atoms with Gasteiger partial charge in [0.1, 0.15) is 0 Å². The van der Waals surface area contributed by atoms with E-state index < -0.39 is 10.0 Å². The maximum Gasteiger partial charge on any atom is 0.237 e. The zero-order valence-electron chi connectivity index (χ0n) is 19.6. The molecule has 1 aliphatic rings. The number of rotatable bonds is 6. The molecular weight excluding hydrogens is 412 g/mol. The lowest BCUT2D eigenvalue weighted by Gasteiger charge is -2.41. The van der Waals surface area contributed by atoms with E-state index in [4.69, 9.17) is 0 Å². The van der Waals surface area contributed by atoms with Crippen molar-refractivity contribution < 1.29 is 8.42 Å². The molecule has 0 radical (unpaired) electrons. The highest BCUT2D eigenvalue weighted by Gasteiger charge is 2.32. The molecule has 0 aliphatic carbocycles. The topological polar surface area (TPSA) is 40.6 Å². The minimum Gasteiger partial charge on any atom is -0.298 e. The van der Waals surface area contributed by atoms with Gasteiger partial charge in [0.05, 0.1) is 10.9 Å². The third-order valence-corrected chi connectivity index (χ3v) is 10.1. The van der Waals surface area contributed by atoms with Crippen molar-refractivity contribution in [1.82, 2.24) is 4.90 Å². The molecular formula is C24H38N2O2S2. The molecule has 1 saturated heterocycles. The second-order valence-corrected chi connectivity index (χ2v) is 13.1. The van der Waals surface area contributed by atoms with Gasteiger partial charge in [-0.1, -0.05) is 6.92 Å². The van der Waals surface area contributed by atoms with Crippen LogP contribution in [-0.4, -0.2) is 43.2 Å². The Kier molecular flexibility index (Phi) is 6.90. The van der Waals surface area contributed by atoms with E-state index in [9.17, 15) is 8.42 Å². The van der Waals surface area contributed by atoms with Crippen molar-refractivity contribution in [2.45, 2.75) is 90.5 Å². The predicted octanol–water partition coefficient (Wildman–Crippen LogP) is 6.22. The normalized spacial score (nSPS) is 18.3. The summed E-state index contributed by atoms with van der Waals surface area (Å²) in [6.45, 7) is 16.8. The first kappa shape index (κ1) is 23.6. The fourth-order valence-corrected chi connectivity index (χ4v) is 7.32. The summed E-state index contributed by atoms with van der Waals surface area (Å²) >= 11 is 1.78. The Balaban J connectivity index is 1.95. The Morgan fingerprint density at radius 2 is 1.80 bits per heavy atom. The highest BCUT2D eigenvalue weighted by Crippen LogP contribution is 2.40. The second kappa shape index (κ2) is 8.79. The molecule has 1 aliphatic heterocycles. The molecule has 1 atom stereocenters. The molecule has 2 aromatic rings. The fraction of sp³-hybridized carbons (Fsp3) is 0.667. The minimum absolute atomic E-state index is 0.112. The van der Waals surface area contributed by atoms with Crippen molar-refractivity contribution in [3.05, 3.63) is 29.1 Å². The van der Waals surface area contributed by atoms with Crippen molar-refractivity contribution in [2.75, 3.05) is 17.4 Å². The third kappa shape index (κ3) is 4.56. The molecule has 1 fully saturated rings. The van der Waals surface area contributed by atoms with Crippen LogP contribution in [0, 0.1) is 0 Å². The number of piperidine rings is 1. The van der Waals surface area contributed by atoms with Gasteiger partial charge in [0.2, 0.25) is 10.0 Å². The van der Waals surface area contributed by atoms with E-state index in [1.165, 1.54) is 15.6 Å². The van der Waals surface area contributed by atoms with Gasteiger partial charge >= 0.3 is 0 Å². The Morgan fingerprint density at radius 3 is 2.33 bits per heavy atom. The molecule has 2 heterocycles. The Morgan fingerprint density at radius 1 is 1.17 bits per heavy atom. The lowest BCUT2D eigenvalue weighted by atomic mass is 9.87. The quantitative estimate of drug-likeness (QED) is 0.524. The van der Waals surface area contributed by atoms with Gasteiger partial charge in [0.25, 0.3) is 0 Å². The summed E-state index contributed by atoms with van der Waals surface area (Å²) in [5.41, 5.74) is 2.41. The first-order chi connectivity index (χ1) is 14.0. The molecule has 0 amide bonds. The Bertz CT molecular complexity index is 965. The summed E-state index contributed by atoms with van der Waals surface area (Å²) in [6.07, 6.45) is 2.93. The van der Waals surface area contributed by atoms with E-state index in [1.54, 1.807) is 15.6 Å². The average molecular weight is 451 g/mol. The maximum atomic E-state index is 13.2. The summed E-state index contributed by atoms with van der Waals surface area (Å²) in [5, 5.41) is 3.14. The fourth-order valence-electron chi connectivity index (χ4n) is 4.49. The smallest absolute Gasteiger partial charge is 0.237 e. The standard InChI is InChI=1S/C24H38N2O2S2/c1-8-18(4)30(27,28)26(17(2)3)20-9-10-23-21(15-20)22(16-29-23)19-11-13-25(14-12-19)24(5,6)7/h9-10,15-19H,8,11-14H2,1-7H3. The molecule has 0 N–H and O–H groups in total. The molecule has 3 rings (SSSR count). The van der Waals surface area contributed by atoms with Crippen LogP contribution in [0.15, 0.2) is 23.6 Å². The largest absolute Gasteiger partial charge is 0.298 e. The van der Waals surface area contributed by atoms with Crippen molar-refractivity contribution in [1.29, 1.82) is 0 Å². The average Bonchev–Trinajstić information content (AvgIpc) is 3.09. The van der Waals surface area contributed by atoms with E-state index in [0.29, 0.717) is 12.3 Å². The van der Waals surface area contributed by atoms with Crippen molar-refractivity contribution in [3.8, 4) is 0 Å². The first-order valence-electron chi connectivity index (χ1n) is 11.3. The monoisotopic (exact) mass is 450 g/mol. The number of benzene rings is 1. The zero-order valence-corrected chi connectivity index (χ0v) is 21.2. The summed E-state index contributed by atoms with van der Waals surface area (Å²) in [6, 6.07) is 6.09. The van der Waals surface area contributed by atoms with Gasteiger partial charge in [0, 0.05) is 16.3 Å². The minimum atomic E-state index is -3.39. The van der Waals surface area contributed by atoms with Crippen LogP contribution in [-0.2, 0) is 10.0 Å². The molecule has 0 spiro atoms. The third-order valence-electron chi connectivity index (χ3n) is 6.55. The molecule has 0 saturated carbocycles. The number of sulfonamides is 1. The van der Waals surface area contributed by atoms with Crippen molar-refractivity contribution in [3.63, 3.8) is 0 Å². The van der Waals surface area contributed by atoms with Gasteiger partial charge in [-0.15, -0.1) is 11.3 Å². The SMILES string of the molecule is CCC(C)S(=O)(=O)N(c1ccc2scc(C3CCN(C(C)(C)C)CC3)c2c1)C(C)C. The number of fused-ring (bicyclic) bond motifs is 1. The maximum absolute atomic E-state index is 13.2.